The van der Waals surface area contributed by atoms with Gasteiger partial charge >= 0.3 is 6.09 Å². The number of aliphatic hydroxyl groups is 1. The van der Waals surface area contributed by atoms with Crippen LogP contribution in [0.15, 0.2) is 12.8 Å². The molecule has 0 saturated carbocycles. The second kappa shape index (κ2) is 7.94. The Morgan fingerprint density at radius 3 is 3.06 bits per heavy atom. The van der Waals surface area contributed by atoms with Crippen LogP contribution in [0.3, 0.4) is 0 Å². The molecular formula is C12H21NO5. The van der Waals surface area contributed by atoms with E-state index in [0.717, 1.165) is 0 Å². The quantitative estimate of drug-likeness (QED) is 0.489. The van der Waals surface area contributed by atoms with Gasteiger partial charge in [0.25, 0.3) is 0 Å². The van der Waals surface area contributed by atoms with Gasteiger partial charge in [-0.05, 0) is 6.42 Å². The molecule has 0 aromatic heterocycles. The molecule has 1 N–H and O–H groups in total. The molecule has 6 nitrogen and oxygen atoms in total. The lowest BCUT2D eigenvalue weighted by atomic mass is 10.2. The first-order chi connectivity index (χ1) is 8.72. The van der Waals surface area contributed by atoms with E-state index in [1.165, 1.54) is 6.26 Å². The summed E-state index contributed by atoms with van der Waals surface area (Å²) in [5.74, 6) is 0. The molecular weight excluding hydrogens is 238 g/mol. The molecule has 104 valence electrons. The summed E-state index contributed by atoms with van der Waals surface area (Å²) >= 11 is 0. The van der Waals surface area contributed by atoms with Crippen molar-refractivity contribution in [3.8, 4) is 0 Å². The lowest BCUT2D eigenvalue weighted by Crippen LogP contribution is -2.38. The normalized spacial score (nSPS) is 20.7. The molecule has 1 fully saturated rings. The van der Waals surface area contributed by atoms with E-state index >= 15 is 0 Å². The second-order valence-corrected chi connectivity index (χ2v) is 4.02. The molecule has 0 aliphatic carbocycles. The Balaban J connectivity index is 2.26. The van der Waals surface area contributed by atoms with Gasteiger partial charge < -0.3 is 19.3 Å². The molecule has 2 atom stereocenters. The van der Waals surface area contributed by atoms with Gasteiger partial charge in [-0.25, -0.2) is 4.79 Å². The van der Waals surface area contributed by atoms with Crippen LogP contribution < -0.4 is 0 Å². The van der Waals surface area contributed by atoms with E-state index in [4.69, 9.17) is 19.3 Å². The number of hydrogen-bond donors (Lipinski definition) is 1. The third-order valence-electron chi connectivity index (χ3n) is 2.79. The summed E-state index contributed by atoms with van der Waals surface area (Å²) < 4.78 is 15.4. The zero-order chi connectivity index (χ0) is 13.4. The summed E-state index contributed by atoms with van der Waals surface area (Å²) in [6.45, 7) is 6.95. The smallest absolute Gasteiger partial charge is 0.410 e. The first-order valence-corrected chi connectivity index (χ1v) is 6.11. The van der Waals surface area contributed by atoms with Crippen molar-refractivity contribution < 1.29 is 24.1 Å². The molecule has 1 saturated heterocycles. The first kappa shape index (κ1) is 14.8. The Kier molecular flexibility index (Phi) is 6.53. The van der Waals surface area contributed by atoms with Crippen LogP contribution in [0.1, 0.15) is 13.3 Å². The van der Waals surface area contributed by atoms with E-state index in [-0.39, 0.29) is 24.8 Å². The van der Waals surface area contributed by atoms with Crippen molar-refractivity contribution in [2.24, 2.45) is 0 Å². The number of ether oxygens (including phenoxy) is 3. The number of amides is 1. The van der Waals surface area contributed by atoms with Crippen LogP contribution in [0, 0.1) is 0 Å². The predicted octanol–water partition coefficient (Wildman–Crippen LogP) is 0.755. The highest BCUT2D eigenvalue weighted by Gasteiger charge is 2.35. The number of rotatable bonds is 9. The lowest BCUT2D eigenvalue weighted by molar-refractivity contribution is 0.0277. The van der Waals surface area contributed by atoms with Crippen molar-refractivity contribution in [3.63, 3.8) is 0 Å². The zero-order valence-corrected chi connectivity index (χ0v) is 10.7. The van der Waals surface area contributed by atoms with Crippen molar-refractivity contribution in [2.45, 2.75) is 25.5 Å². The number of nitrogens with zero attached hydrogens (tertiary/aromatic N) is 1. The van der Waals surface area contributed by atoms with Crippen molar-refractivity contribution >= 4 is 6.09 Å². The average molecular weight is 259 g/mol. The summed E-state index contributed by atoms with van der Waals surface area (Å²) in [5, 5.41) is 9.16. The lowest BCUT2D eigenvalue weighted by Gasteiger charge is -2.22. The second-order valence-electron chi connectivity index (χ2n) is 4.02. The number of cyclic esters (lactones) is 1. The summed E-state index contributed by atoms with van der Waals surface area (Å²) in [5.41, 5.74) is 0. The third-order valence-corrected chi connectivity index (χ3v) is 2.79. The van der Waals surface area contributed by atoms with Crippen molar-refractivity contribution in [3.05, 3.63) is 12.8 Å². The van der Waals surface area contributed by atoms with Crippen LogP contribution in [0.25, 0.3) is 0 Å². The predicted molar refractivity (Wildman–Crippen MR) is 65.1 cm³/mol. The Bertz CT molecular complexity index is 267. The maximum Gasteiger partial charge on any atom is 0.410 e. The van der Waals surface area contributed by atoms with Crippen LogP contribution in [-0.4, -0.2) is 61.2 Å². The van der Waals surface area contributed by atoms with Gasteiger partial charge in [-0.3, -0.25) is 4.90 Å². The summed E-state index contributed by atoms with van der Waals surface area (Å²) in [7, 11) is 0. The molecule has 0 bridgehead atoms. The fourth-order valence-electron chi connectivity index (χ4n) is 1.78. The summed E-state index contributed by atoms with van der Waals surface area (Å²) in [6, 6.07) is -0.174. The Morgan fingerprint density at radius 2 is 2.44 bits per heavy atom. The van der Waals surface area contributed by atoms with E-state index in [2.05, 4.69) is 6.58 Å². The van der Waals surface area contributed by atoms with Gasteiger partial charge in [-0.15, -0.1) is 0 Å². The maximum absolute atomic E-state index is 11.6. The molecule has 0 aromatic carbocycles. The Labute approximate surface area is 107 Å². The number of carbonyl (C=O) groups is 1. The molecule has 2 unspecified atom stereocenters. The SMILES string of the molecule is C=COCCOCC1CN(C(CC)CO)C(=O)O1. The Morgan fingerprint density at radius 1 is 1.67 bits per heavy atom. The van der Waals surface area contributed by atoms with E-state index in [1.54, 1.807) is 4.90 Å². The standard InChI is InChI=1S/C12H21NO5/c1-3-10(8-14)13-7-11(18-12(13)15)9-17-6-5-16-4-2/h4,10-11,14H,2-3,5-9H2,1H3. The Hall–Kier alpha value is -1.27. The minimum Gasteiger partial charge on any atom is -0.499 e. The molecule has 1 heterocycles. The topological polar surface area (TPSA) is 68.2 Å². The third kappa shape index (κ3) is 4.19. The van der Waals surface area contributed by atoms with Gasteiger partial charge in [-0.1, -0.05) is 13.5 Å². The van der Waals surface area contributed by atoms with Crippen molar-refractivity contribution in [1.82, 2.24) is 4.90 Å². The summed E-state index contributed by atoms with van der Waals surface area (Å²) in [6.07, 6.45) is 1.40. The average Bonchev–Trinajstić information content (AvgIpc) is 2.72. The molecule has 18 heavy (non-hydrogen) atoms. The molecule has 6 heteroatoms. The van der Waals surface area contributed by atoms with E-state index < -0.39 is 0 Å². The van der Waals surface area contributed by atoms with Gasteiger partial charge in [0.15, 0.2) is 0 Å². The maximum atomic E-state index is 11.6. The number of aliphatic hydroxyl groups excluding tert-OH is 1. The molecule has 1 aliphatic rings. The van der Waals surface area contributed by atoms with E-state index in [9.17, 15) is 4.79 Å². The monoisotopic (exact) mass is 259 g/mol. The molecule has 0 aromatic rings. The van der Waals surface area contributed by atoms with Crippen LogP contribution in [-0.2, 0) is 14.2 Å². The van der Waals surface area contributed by atoms with Crippen LogP contribution in [0.5, 0.6) is 0 Å². The fraction of sp³-hybridized carbons (Fsp3) is 0.750. The first-order valence-electron chi connectivity index (χ1n) is 6.11. The van der Waals surface area contributed by atoms with Crippen LogP contribution >= 0.6 is 0 Å². The minimum atomic E-state index is -0.383. The van der Waals surface area contributed by atoms with Gasteiger partial charge in [0.05, 0.1) is 38.7 Å². The van der Waals surface area contributed by atoms with Crippen molar-refractivity contribution in [2.75, 3.05) is 33.0 Å². The molecule has 1 rings (SSSR count). The molecule has 0 radical (unpaired) electrons. The van der Waals surface area contributed by atoms with Crippen molar-refractivity contribution in [1.29, 1.82) is 0 Å². The number of carbonyl (C=O) groups excluding carboxylic acids is 1. The van der Waals surface area contributed by atoms with E-state index in [0.29, 0.717) is 32.8 Å². The highest BCUT2D eigenvalue weighted by atomic mass is 16.6. The van der Waals surface area contributed by atoms with Gasteiger partial charge in [-0.2, -0.15) is 0 Å². The highest BCUT2D eigenvalue weighted by Crippen LogP contribution is 2.16. The van der Waals surface area contributed by atoms with Gasteiger partial charge in [0.1, 0.15) is 12.7 Å². The molecule has 1 aliphatic heterocycles. The zero-order valence-electron chi connectivity index (χ0n) is 10.7. The van der Waals surface area contributed by atoms with Gasteiger partial charge in [0.2, 0.25) is 0 Å². The summed E-state index contributed by atoms with van der Waals surface area (Å²) in [4.78, 5) is 13.1. The van der Waals surface area contributed by atoms with Gasteiger partial charge in [0, 0.05) is 0 Å². The number of hydrogen-bond acceptors (Lipinski definition) is 5. The van der Waals surface area contributed by atoms with Crippen LogP contribution in [0.4, 0.5) is 4.79 Å². The highest BCUT2D eigenvalue weighted by molar-refractivity contribution is 5.70. The van der Waals surface area contributed by atoms with E-state index in [1.807, 2.05) is 6.92 Å². The fourth-order valence-corrected chi connectivity index (χ4v) is 1.78. The molecule has 1 amide bonds. The van der Waals surface area contributed by atoms with Crippen LogP contribution in [0.2, 0.25) is 0 Å². The largest absolute Gasteiger partial charge is 0.499 e. The molecule has 0 spiro atoms. The minimum absolute atomic E-state index is 0.0493.